The lowest BCUT2D eigenvalue weighted by Crippen LogP contribution is -2.33. The summed E-state index contributed by atoms with van der Waals surface area (Å²) < 4.78 is 0.781. The number of nitrogens with zero attached hydrogens (tertiary/aromatic N) is 2. The summed E-state index contributed by atoms with van der Waals surface area (Å²) in [6.07, 6.45) is 2.60. The van der Waals surface area contributed by atoms with E-state index in [0.717, 1.165) is 4.73 Å². The van der Waals surface area contributed by atoms with Crippen molar-refractivity contribution in [2.75, 3.05) is 6.54 Å². The quantitative estimate of drug-likeness (QED) is 0.448. The van der Waals surface area contributed by atoms with Gasteiger partial charge < -0.3 is 0 Å². The van der Waals surface area contributed by atoms with Crippen molar-refractivity contribution in [2.45, 2.75) is 13.8 Å². The van der Waals surface area contributed by atoms with Crippen molar-refractivity contribution in [3.8, 4) is 0 Å². The van der Waals surface area contributed by atoms with E-state index in [1.807, 2.05) is 13.8 Å². The monoisotopic (exact) mass is 221 g/mol. The van der Waals surface area contributed by atoms with E-state index < -0.39 is 0 Å². The molecule has 2 heterocycles. The smallest absolute Gasteiger partial charge is 0.267 e. The van der Waals surface area contributed by atoms with Gasteiger partial charge in [0.1, 0.15) is 5.56 Å². The molecule has 2 amide bonds. The Morgan fingerprint density at radius 3 is 2.56 bits per heavy atom. The standard InChI is InChI=1S/C11H13N2O3/c1-7(2)5-13-10(14)8-3-4-12(16)6-9(8)11(13)15/h3-4,6-7,16H,5H2,1-2H3/q+1. The van der Waals surface area contributed by atoms with Gasteiger partial charge in [-0.05, 0) is 5.92 Å². The Morgan fingerprint density at radius 1 is 1.31 bits per heavy atom. The number of carbonyl (C=O) groups excluding carboxylic acids is 2. The minimum Gasteiger partial charge on any atom is -0.285 e. The van der Waals surface area contributed by atoms with Gasteiger partial charge >= 0.3 is 0 Å². The van der Waals surface area contributed by atoms with Crippen molar-refractivity contribution in [3.63, 3.8) is 0 Å². The van der Waals surface area contributed by atoms with Crippen LogP contribution in [0.2, 0.25) is 0 Å². The third-order valence-electron chi connectivity index (χ3n) is 2.44. The van der Waals surface area contributed by atoms with Crippen LogP contribution in [0.3, 0.4) is 0 Å². The number of aromatic nitrogens is 1. The van der Waals surface area contributed by atoms with Crippen LogP contribution in [0.5, 0.6) is 0 Å². The molecule has 0 unspecified atom stereocenters. The summed E-state index contributed by atoms with van der Waals surface area (Å²) in [6, 6.07) is 1.45. The van der Waals surface area contributed by atoms with Crippen LogP contribution >= 0.6 is 0 Å². The van der Waals surface area contributed by atoms with Gasteiger partial charge in [0, 0.05) is 17.3 Å². The molecule has 1 N–H and O–H groups in total. The van der Waals surface area contributed by atoms with E-state index >= 15 is 0 Å². The van der Waals surface area contributed by atoms with Gasteiger partial charge in [-0.15, -0.1) is 0 Å². The van der Waals surface area contributed by atoms with Crippen LogP contribution in [0.1, 0.15) is 34.6 Å². The maximum Gasteiger partial charge on any atom is 0.267 e. The van der Waals surface area contributed by atoms with Gasteiger partial charge in [0.2, 0.25) is 12.4 Å². The first-order valence-electron chi connectivity index (χ1n) is 5.11. The molecule has 1 aliphatic heterocycles. The van der Waals surface area contributed by atoms with E-state index in [1.165, 1.54) is 23.4 Å². The second-order valence-corrected chi connectivity index (χ2v) is 4.27. The van der Waals surface area contributed by atoms with E-state index in [1.54, 1.807) is 0 Å². The van der Waals surface area contributed by atoms with Crippen molar-refractivity contribution >= 4 is 11.8 Å². The molecule has 5 nitrogen and oxygen atoms in total. The molecule has 0 fully saturated rings. The molecule has 5 heteroatoms. The number of hydrogen-bond acceptors (Lipinski definition) is 3. The largest absolute Gasteiger partial charge is 0.285 e. The minimum absolute atomic E-state index is 0.225. The van der Waals surface area contributed by atoms with Gasteiger partial charge in [-0.3, -0.25) is 19.7 Å². The molecule has 1 aromatic heterocycles. The molecule has 16 heavy (non-hydrogen) atoms. The summed E-state index contributed by atoms with van der Waals surface area (Å²) in [4.78, 5) is 25.0. The Balaban J connectivity index is 2.40. The zero-order valence-electron chi connectivity index (χ0n) is 9.17. The highest BCUT2D eigenvalue weighted by Gasteiger charge is 2.38. The molecule has 0 saturated heterocycles. The summed E-state index contributed by atoms with van der Waals surface area (Å²) >= 11 is 0. The molecule has 0 atom stereocenters. The zero-order chi connectivity index (χ0) is 11.9. The second-order valence-electron chi connectivity index (χ2n) is 4.27. The van der Waals surface area contributed by atoms with Crippen molar-refractivity contribution in [2.24, 2.45) is 5.92 Å². The van der Waals surface area contributed by atoms with E-state index in [-0.39, 0.29) is 23.3 Å². The molecule has 1 aliphatic rings. The third kappa shape index (κ3) is 1.54. The molecule has 0 aliphatic carbocycles. The van der Waals surface area contributed by atoms with E-state index in [4.69, 9.17) is 0 Å². The summed E-state index contributed by atoms with van der Waals surface area (Å²) in [7, 11) is 0. The Morgan fingerprint density at radius 2 is 1.94 bits per heavy atom. The number of rotatable bonds is 2. The topological polar surface area (TPSA) is 61.5 Å². The second kappa shape index (κ2) is 3.59. The molecule has 1 aromatic rings. The fourth-order valence-corrected chi connectivity index (χ4v) is 1.76. The SMILES string of the molecule is CC(C)CN1C(=O)c2cc[n+](O)cc2C1=O. The number of pyridine rings is 1. The molecular weight excluding hydrogens is 208 g/mol. The molecular formula is C11H13N2O3+. The number of hydrogen-bond donors (Lipinski definition) is 1. The molecule has 84 valence electrons. The van der Waals surface area contributed by atoms with Gasteiger partial charge in [-0.2, -0.15) is 0 Å². The van der Waals surface area contributed by atoms with Crippen LogP contribution in [0.4, 0.5) is 0 Å². The first-order chi connectivity index (χ1) is 7.50. The number of amides is 2. The van der Waals surface area contributed by atoms with Crippen LogP contribution in [-0.4, -0.2) is 28.5 Å². The maximum atomic E-state index is 11.9. The predicted molar refractivity (Wildman–Crippen MR) is 54.0 cm³/mol. The fourth-order valence-electron chi connectivity index (χ4n) is 1.76. The molecule has 0 spiro atoms. The van der Waals surface area contributed by atoms with Crippen LogP contribution in [0.25, 0.3) is 0 Å². The lowest BCUT2D eigenvalue weighted by Gasteiger charge is -2.15. The summed E-state index contributed by atoms with van der Waals surface area (Å²) in [6.45, 7) is 4.28. The van der Waals surface area contributed by atoms with Gasteiger partial charge in [0.05, 0.1) is 5.56 Å². The van der Waals surface area contributed by atoms with Crippen molar-refractivity contribution in [3.05, 3.63) is 29.6 Å². The molecule has 0 radical (unpaired) electrons. The fraction of sp³-hybridized carbons (Fsp3) is 0.364. The normalized spacial score (nSPS) is 14.8. The molecule has 0 saturated carbocycles. The van der Waals surface area contributed by atoms with Gasteiger partial charge in [0.25, 0.3) is 11.8 Å². The number of imide groups is 1. The molecule has 0 bridgehead atoms. The Kier molecular flexibility index (Phi) is 2.38. The van der Waals surface area contributed by atoms with Crippen LogP contribution in [0, 0.1) is 5.92 Å². The first-order valence-corrected chi connectivity index (χ1v) is 5.11. The summed E-state index contributed by atoms with van der Waals surface area (Å²) in [5.74, 6) is -0.394. The minimum atomic E-state index is -0.336. The predicted octanol–water partition coefficient (Wildman–Crippen LogP) is 0.463. The lowest BCUT2D eigenvalue weighted by molar-refractivity contribution is -0.904. The van der Waals surface area contributed by atoms with E-state index in [2.05, 4.69) is 0 Å². The third-order valence-corrected chi connectivity index (χ3v) is 2.44. The van der Waals surface area contributed by atoms with Gasteiger partial charge in [-0.1, -0.05) is 13.8 Å². The Hall–Kier alpha value is -1.91. The Bertz CT molecular complexity index is 468. The average molecular weight is 221 g/mol. The highest BCUT2D eigenvalue weighted by molar-refractivity contribution is 6.21. The summed E-state index contributed by atoms with van der Waals surface area (Å²) in [5.41, 5.74) is 0.617. The highest BCUT2D eigenvalue weighted by Crippen LogP contribution is 2.21. The van der Waals surface area contributed by atoms with E-state index in [0.29, 0.717) is 12.1 Å². The van der Waals surface area contributed by atoms with E-state index in [9.17, 15) is 14.8 Å². The molecule has 0 aromatic carbocycles. The number of carbonyl (C=O) groups is 2. The van der Waals surface area contributed by atoms with Crippen molar-refractivity contribution in [1.29, 1.82) is 0 Å². The molecule has 2 rings (SSSR count). The van der Waals surface area contributed by atoms with Gasteiger partial charge in [-0.25, -0.2) is 0 Å². The first kappa shape index (κ1) is 10.6. The number of fused-ring (bicyclic) bond motifs is 1. The highest BCUT2D eigenvalue weighted by atomic mass is 16.5. The van der Waals surface area contributed by atoms with Crippen molar-refractivity contribution < 1.29 is 19.5 Å². The maximum absolute atomic E-state index is 11.9. The van der Waals surface area contributed by atoms with Crippen LogP contribution in [-0.2, 0) is 0 Å². The van der Waals surface area contributed by atoms with Crippen LogP contribution < -0.4 is 4.73 Å². The van der Waals surface area contributed by atoms with Crippen LogP contribution in [0.15, 0.2) is 18.5 Å². The summed E-state index contributed by atoms with van der Waals surface area (Å²) in [5, 5.41) is 9.20. The van der Waals surface area contributed by atoms with Crippen molar-refractivity contribution in [1.82, 2.24) is 4.90 Å². The Labute approximate surface area is 92.9 Å². The lowest BCUT2D eigenvalue weighted by atomic mass is 10.2. The average Bonchev–Trinajstić information content (AvgIpc) is 2.43. The van der Waals surface area contributed by atoms with Gasteiger partial charge in [0.15, 0.2) is 0 Å². The zero-order valence-corrected chi connectivity index (χ0v) is 9.17.